The molecule has 3 unspecified atom stereocenters. The molecule has 104 valence electrons. The molecule has 10 nitrogen and oxygen atoms in total. The Bertz CT molecular complexity index is 360. The Kier molecular flexibility index (Phi) is 10.9. The van der Waals surface area contributed by atoms with Crippen LogP contribution < -0.4 is 5.73 Å². The van der Waals surface area contributed by atoms with Gasteiger partial charge in [-0.1, -0.05) is 0 Å². The smallest absolute Gasteiger partial charge is 0.397 e. The highest BCUT2D eigenvalue weighted by molar-refractivity contribution is 7.80. The minimum absolute atomic E-state index is 0.383. The van der Waals surface area contributed by atoms with Gasteiger partial charge in [0.05, 0.1) is 18.1 Å². The molecule has 0 aliphatic rings. The third-order valence-electron chi connectivity index (χ3n) is 1.16. The lowest BCUT2D eigenvalue weighted by atomic mass is 10.3. The summed E-state index contributed by atoms with van der Waals surface area (Å²) in [4.78, 5) is 0. The predicted octanol–water partition coefficient (Wildman–Crippen LogP) is -2.95. The summed E-state index contributed by atoms with van der Waals surface area (Å²) in [6, 6.07) is 0. The summed E-state index contributed by atoms with van der Waals surface area (Å²) >= 11 is -3.31. The third-order valence-corrected chi connectivity index (χ3v) is 2.28. The molecule has 4 N–H and O–H groups in total. The van der Waals surface area contributed by atoms with E-state index in [0.29, 0.717) is 0 Å². The minimum atomic E-state index is -4.63. The predicted molar refractivity (Wildman–Crippen MR) is 53.9 cm³/mol. The average molecular weight is 312 g/mol. The van der Waals surface area contributed by atoms with Crippen molar-refractivity contribution in [1.29, 1.82) is 0 Å². The molecule has 0 radical (unpaired) electrons. The van der Waals surface area contributed by atoms with Gasteiger partial charge in [0.2, 0.25) is 0 Å². The molecule has 13 heteroatoms. The highest BCUT2D eigenvalue weighted by Crippen LogP contribution is 2.01. The molecule has 0 amide bonds. The molecule has 0 bridgehead atoms. The summed E-state index contributed by atoms with van der Waals surface area (Å²) < 4.78 is 68.9. The number of aliphatic hydroxyl groups excluding tert-OH is 1. The molecular weight excluding hydrogens is 302 g/mol. The Labute approximate surface area is 103 Å². The molecule has 0 aromatic carbocycles. The molecule has 0 fully saturated rings. The van der Waals surface area contributed by atoms with Crippen LogP contribution in [0, 0.1) is 0 Å². The molecule has 0 aliphatic carbocycles. The minimum Gasteiger partial charge on any atom is -0.771 e. The van der Waals surface area contributed by atoms with Crippen LogP contribution in [0.15, 0.2) is 0 Å². The van der Waals surface area contributed by atoms with Gasteiger partial charge in [-0.25, -0.2) is 4.18 Å². The van der Waals surface area contributed by atoms with Crippen LogP contribution in [0.4, 0.5) is 0 Å². The second-order valence-corrected chi connectivity index (χ2v) is 4.82. The highest BCUT2D eigenvalue weighted by atomic mass is 32.3. The summed E-state index contributed by atoms with van der Waals surface area (Å²) in [6.45, 7) is -0.746. The van der Waals surface area contributed by atoms with E-state index < -0.39 is 51.1 Å². The van der Waals surface area contributed by atoms with Crippen molar-refractivity contribution in [2.45, 2.75) is 17.9 Å². The van der Waals surface area contributed by atoms with Crippen molar-refractivity contribution in [2.75, 3.05) is 6.61 Å². The normalized spacial score (nSPS) is 16.2. The van der Waals surface area contributed by atoms with Crippen molar-refractivity contribution in [3.05, 3.63) is 0 Å². The molecule has 0 aromatic heterocycles. The van der Waals surface area contributed by atoms with Crippen LogP contribution in [-0.4, -0.2) is 53.3 Å². The summed E-state index contributed by atoms with van der Waals surface area (Å²) in [5.74, 6) is 0. The van der Waals surface area contributed by atoms with Crippen molar-refractivity contribution in [3.8, 4) is 0 Å². The van der Waals surface area contributed by atoms with Gasteiger partial charge >= 0.3 is 22.0 Å². The van der Waals surface area contributed by atoms with Gasteiger partial charge in [0.15, 0.2) is 0 Å². The van der Waals surface area contributed by atoms with Gasteiger partial charge in [-0.2, -0.15) is 16.8 Å². The van der Waals surface area contributed by atoms with Crippen molar-refractivity contribution < 1.29 is 39.4 Å². The summed E-state index contributed by atoms with van der Waals surface area (Å²) in [6.07, 6.45) is -1.77. The first kappa shape index (κ1) is 19.1. The lowest BCUT2D eigenvalue weighted by Gasteiger charge is -2.17. The number of hydrogen-bond acceptors (Lipinski definition) is 9. The van der Waals surface area contributed by atoms with E-state index in [1.165, 1.54) is 0 Å². The molecular formula is C4H10NO9S3-. The van der Waals surface area contributed by atoms with E-state index in [9.17, 15) is 17.2 Å². The van der Waals surface area contributed by atoms with E-state index in [1.54, 1.807) is 0 Å². The van der Waals surface area contributed by atoms with E-state index >= 15 is 0 Å². The summed E-state index contributed by atoms with van der Waals surface area (Å²) in [5, 5.41) is 7.67. The van der Waals surface area contributed by atoms with Gasteiger partial charge in [0, 0.05) is 6.42 Å². The molecule has 0 rings (SSSR count). The van der Waals surface area contributed by atoms with E-state index in [-0.39, 0.29) is 6.42 Å². The van der Waals surface area contributed by atoms with Crippen LogP contribution >= 0.6 is 0 Å². The maximum Gasteiger partial charge on any atom is 0.397 e. The monoisotopic (exact) mass is 312 g/mol. The lowest BCUT2D eigenvalue weighted by molar-refractivity contribution is 0.0950. The average Bonchev–Trinajstić information content (AvgIpc) is 2.14. The molecule has 17 heavy (non-hydrogen) atoms. The van der Waals surface area contributed by atoms with Gasteiger partial charge in [-0.05, 0) is 11.1 Å². The van der Waals surface area contributed by atoms with Crippen LogP contribution in [-0.2, 0) is 37.2 Å². The van der Waals surface area contributed by atoms with Gasteiger partial charge < -0.3 is 15.4 Å². The fourth-order valence-corrected chi connectivity index (χ4v) is 1.29. The fourth-order valence-electron chi connectivity index (χ4n) is 0.579. The van der Waals surface area contributed by atoms with Crippen molar-refractivity contribution in [1.82, 2.24) is 0 Å². The van der Waals surface area contributed by atoms with E-state index in [4.69, 9.17) is 23.8 Å². The van der Waals surface area contributed by atoms with Crippen molar-refractivity contribution in [3.63, 3.8) is 0 Å². The molecule has 0 saturated carbocycles. The summed E-state index contributed by atoms with van der Waals surface area (Å²) in [5.41, 5.74) is 5.02. The van der Waals surface area contributed by atoms with E-state index in [1.807, 2.05) is 0 Å². The van der Waals surface area contributed by atoms with Crippen molar-refractivity contribution in [2.24, 2.45) is 5.73 Å². The maximum absolute atomic E-state index is 10.2. The number of hydrogen-bond donors (Lipinski definition) is 3. The van der Waals surface area contributed by atoms with Crippen LogP contribution in [0.25, 0.3) is 0 Å². The number of rotatable bonds is 6. The molecule has 0 aromatic rings. The largest absolute Gasteiger partial charge is 0.771 e. The molecule has 0 aliphatic heterocycles. The fraction of sp³-hybridized carbons (Fsp3) is 1.00. The zero-order valence-corrected chi connectivity index (χ0v) is 10.6. The second-order valence-electron chi connectivity index (χ2n) is 2.47. The van der Waals surface area contributed by atoms with Crippen molar-refractivity contribution >= 4 is 33.1 Å². The number of aliphatic hydroxyl groups is 1. The Morgan fingerprint density at radius 2 is 1.88 bits per heavy atom. The topological polar surface area (TPSA) is 184 Å². The van der Waals surface area contributed by atoms with Crippen LogP contribution in [0.3, 0.4) is 0 Å². The number of nitrogens with two attached hydrogens (primary N) is 1. The SMILES string of the molecule is NC(CC(O)COS(=O)(=O)O)S(=O)[O-].O=S=O. The first-order chi connectivity index (χ1) is 7.64. The van der Waals surface area contributed by atoms with Crippen LogP contribution in [0.2, 0.25) is 0 Å². The van der Waals surface area contributed by atoms with E-state index in [2.05, 4.69) is 4.18 Å². The Hall–Kier alpha value is -0.280. The quantitative estimate of drug-likeness (QED) is 0.338. The van der Waals surface area contributed by atoms with Gasteiger partial charge in [-0.3, -0.25) is 8.76 Å². The Morgan fingerprint density at radius 1 is 1.47 bits per heavy atom. The zero-order chi connectivity index (χ0) is 14.1. The molecule has 0 saturated heterocycles. The first-order valence-electron chi connectivity index (χ1n) is 3.69. The molecule has 0 heterocycles. The van der Waals surface area contributed by atoms with E-state index in [0.717, 1.165) is 0 Å². The second kappa shape index (κ2) is 9.72. The van der Waals surface area contributed by atoms with Gasteiger partial charge in [0.1, 0.15) is 0 Å². The Morgan fingerprint density at radius 3 is 2.18 bits per heavy atom. The molecule has 3 atom stereocenters. The van der Waals surface area contributed by atoms with Gasteiger partial charge in [-0.15, -0.1) is 0 Å². The standard InChI is InChI=1S/C4H11NO7S2.O2S/c5-4(13(7)8)1-3(6)2-12-14(9,10)11;1-3-2/h3-4,6H,1-2,5H2,(H,7,8)(H,9,10,11);/p-1. The molecule has 0 spiro atoms. The third kappa shape index (κ3) is 15.7. The first-order valence-corrected chi connectivity index (χ1v) is 6.86. The lowest BCUT2D eigenvalue weighted by Crippen LogP contribution is -2.32. The highest BCUT2D eigenvalue weighted by Gasteiger charge is 2.14. The van der Waals surface area contributed by atoms with Crippen LogP contribution in [0.5, 0.6) is 0 Å². The Balaban J connectivity index is 0. The van der Waals surface area contributed by atoms with Gasteiger partial charge in [0.25, 0.3) is 0 Å². The van der Waals surface area contributed by atoms with Crippen LogP contribution in [0.1, 0.15) is 6.42 Å². The zero-order valence-electron chi connectivity index (χ0n) is 8.12. The maximum atomic E-state index is 10.2. The summed E-state index contributed by atoms with van der Waals surface area (Å²) in [7, 11) is -4.63.